The molecule has 0 fully saturated rings. The van der Waals surface area contributed by atoms with Gasteiger partial charge in [0.05, 0.1) is 0 Å². The van der Waals surface area contributed by atoms with Crippen LogP contribution in [0.2, 0.25) is 0 Å². The van der Waals surface area contributed by atoms with Crippen molar-refractivity contribution in [1.82, 2.24) is 4.90 Å². The van der Waals surface area contributed by atoms with Crippen LogP contribution in [0.15, 0.2) is 18.2 Å². The molecule has 1 aromatic carbocycles. The van der Waals surface area contributed by atoms with E-state index in [1.165, 1.54) is 24.2 Å². The molecule has 0 atom stereocenters. The number of nitrogens with zero attached hydrogens (tertiary/aromatic N) is 2. The highest BCUT2D eigenvalue weighted by Gasteiger charge is 2.06. The molecule has 0 aliphatic carbocycles. The molecule has 19 heavy (non-hydrogen) atoms. The van der Waals surface area contributed by atoms with E-state index < -0.39 is 0 Å². The molecule has 0 saturated carbocycles. The van der Waals surface area contributed by atoms with Gasteiger partial charge in [-0.25, -0.2) is 0 Å². The highest BCUT2D eigenvalue weighted by Crippen LogP contribution is 2.20. The number of aryl methyl sites for hydroxylation is 1. The third-order valence-corrected chi connectivity index (χ3v) is 3.80. The van der Waals surface area contributed by atoms with Crippen LogP contribution in [0, 0.1) is 6.92 Å². The SMILES string of the molecule is CCN(CC)CCCN(CC)c1ccc(N)c(C)c1. The maximum atomic E-state index is 5.88. The summed E-state index contributed by atoms with van der Waals surface area (Å²) in [6, 6.07) is 6.33. The van der Waals surface area contributed by atoms with Crippen LogP contribution in [0.5, 0.6) is 0 Å². The molecular formula is C16H29N3. The van der Waals surface area contributed by atoms with Gasteiger partial charge in [0.25, 0.3) is 0 Å². The molecule has 0 radical (unpaired) electrons. The zero-order valence-corrected chi connectivity index (χ0v) is 12.9. The van der Waals surface area contributed by atoms with E-state index in [4.69, 9.17) is 5.73 Å². The number of rotatable bonds is 8. The summed E-state index contributed by atoms with van der Waals surface area (Å²) in [5, 5.41) is 0. The van der Waals surface area contributed by atoms with Crippen LogP contribution >= 0.6 is 0 Å². The molecule has 1 rings (SSSR count). The van der Waals surface area contributed by atoms with Crippen LogP contribution in [0.1, 0.15) is 32.8 Å². The Balaban J connectivity index is 2.55. The Kier molecular flexibility index (Phi) is 6.71. The van der Waals surface area contributed by atoms with Crippen molar-refractivity contribution in [2.45, 2.75) is 34.1 Å². The second-order valence-corrected chi connectivity index (χ2v) is 5.00. The van der Waals surface area contributed by atoms with Gasteiger partial charge in [0.15, 0.2) is 0 Å². The molecule has 2 N–H and O–H groups in total. The van der Waals surface area contributed by atoms with E-state index >= 15 is 0 Å². The van der Waals surface area contributed by atoms with E-state index in [-0.39, 0.29) is 0 Å². The zero-order chi connectivity index (χ0) is 14.3. The molecule has 0 aliphatic heterocycles. The number of hydrogen-bond donors (Lipinski definition) is 1. The van der Waals surface area contributed by atoms with Gasteiger partial charge in [0.2, 0.25) is 0 Å². The van der Waals surface area contributed by atoms with Gasteiger partial charge >= 0.3 is 0 Å². The number of nitrogen functional groups attached to an aromatic ring is 1. The van der Waals surface area contributed by atoms with Crippen LogP contribution in [-0.4, -0.2) is 37.6 Å². The summed E-state index contributed by atoms with van der Waals surface area (Å²) in [7, 11) is 0. The molecular weight excluding hydrogens is 234 g/mol. The van der Waals surface area contributed by atoms with Crippen molar-refractivity contribution >= 4 is 11.4 Å². The molecule has 0 amide bonds. The van der Waals surface area contributed by atoms with Gasteiger partial charge in [0, 0.05) is 24.5 Å². The summed E-state index contributed by atoms with van der Waals surface area (Å²) in [6.45, 7) is 14.4. The summed E-state index contributed by atoms with van der Waals surface area (Å²) < 4.78 is 0. The quantitative estimate of drug-likeness (QED) is 0.731. The number of anilines is 2. The maximum Gasteiger partial charge on any atom is 0.0370 e. The van der Waals surface area contributed by atoms with Gasteiger partial charge in [-0.1, -0.05) is 13.8 Å². The zero-order valence-electron chi connectivity index (χ0n) is 12.9. The molecule has 0 bridgehead atoms. The number of nitrogens with two attached hydrogens (primary N) is 1. The predicted molar refractivity (Wildman–Crippen MR) is 85.9 cm³/mol. The minimum atomic E-state index is 0.878. The summed E-state index contributed by atoms with van der Waals surface area (Å²) in [6.07, 6.45) is 1.21. The fraction of sp³-hybridized carbons (Fsp3) is 0.625. The second kappa shape index (κ2) is 8.05. The molecule has 3 nitrogen and oxygen atoms in total. The Morgan fingerprint density at radius 1 is 1.00 bits per heavy atom. The fourth-order valence-electron chi connectivity index (χ4n) is 2.35. The first-order valence-electron chi connectivity index (χ1n) is 7.45. The first-order valence-corrected chi connectivity index (χ1v) is 7.45. The molecule has 0 unspecified atom stereocenters. The topological polar surface area (TPSA) is 32.5 Å². The molecule has 0 saturated heterocycles. The third-order valence-electron chi connectivity index (χ3n) is 3.80. The van der Waals surface area contributed by atoms with Gasteiger partial charge in [-0.15, -0.1) is 0 Å². The van der Waals surface area contributed by atoms with Crippen molar-refractivity contribution in [2.75, 3.05) is 43.4 Å². The van der Waals surface area contributed by atoms with Crippen LogP contribution in [0.3, 0.4) is 0 Å². The Morgan fingerprint density at radius 2 is 1.68 bits per heavy atom. The van der Waals surface area contributed by atoms with Gasteiger partial charge < -0.3 is 15.5 Å². The second-order valence-electron chi connectivity index (χ2n) is 5.00. The minimum absolute atomic E-state index is 0.878. The summed E-state index contributed by atoms with van der Waals surface area (Å²) in [5.41, 5.74) is 9.21. The van der Waals surface area contributed by atoms with E-state index in [1.807, 2.05) is 6.07 Å². The van der Waals surface area contributed by atoms with E-state index in [0.717, 1.165) is 31.9 Å². The lowest BCUT2D eigenvalue weighted by Crippen LogP contribution is -2.30. The van der Waals surface area contributed by atoms with E-state index in [0.29, 0.717) is 0 Å². The fourth-order valence-corrected chi connectivity index (χ4v) is 2.35. The Labute approximate surface area is 118 Å². The van der Waals surface area contributed by atoms with Crippen LogP contribution in [0.25, 0.3) is 0 Å². The smallest absolute Gasteiger partial charge is 0.0370 e. The summed E-state index contributed by atoms with van der Waals surface area (Å²) >= 11 is 0. The lowest BCUT2D eigenvalue weighted by atomic mass is 10.1. The molecule has 0 spiro atoms. The normalized spacial score (nSPS) is 11.0. The first kappa shape index (κ1) is 15.8. The van der Waals surface area contributed by atoms with Crippen LogP contribution < -0.4 is 10.6 Å². The van der Waals surface area contributed by atoms with Gasteiger partial charge in [-0.05, 0) is 63.7 Å². The summed E-state index contributed by atoms with van der Waals surface area (Å²) in [5.74, 6) is 0. The molecule has 0 heterocycles. The average molecular weight is 263 g/mol. The van der Waals surface area contributed by atoms with Gasteiger partial charge in [0.1, 0.15) is 0 Å². The van der Waals surface area contributed by atoms with Crippen molar-refractivity contribution < 1.29 is 0 Å². The average Bonchev–Trinajstić information content (AvgIpc) is 2.42. The number of hydrogen-bond acceptors (Lipinski definition) is 3. The maximum absolute atomic E-state index is 5.88. The highest BCUT2D eigenvalue weighted by atomic mass is 15.1. The van der Waals surface area contributed by atoms with Crippen molar-refractivity contribution in [1.29, 1.82) is 0 Å². The molecule has 0 aliphatic rings. The summed E-state index contributed by atoms with van der Waals surface area (Å²) in [4.78, 5) is 4.90. The monoisotopic (exact) mass is 263 g/mol. The largest absolute Gasteiger partial charge is 0.399 e. The van der Waals surface area contributed by atoms with Crippen molar-refractivity contribution in [2.24, 2.45) is 0 Å². The predicted octanol–water partition coefficient (Wildman–Crippen LogP) is 3.14. The lowest BCUT2D eigenvalue weighted by molar-refractivity contribution is 0.301. The van der Waals surface area contributed by atoms with E-state index in [1.54, 1.807) is 0 Å². The Bertz CT molecular complexity index is 372. The molecule has 1 aromatic rings. The molecule has 0 aromatic heterocycles. The lowest BCUT2D eigenvalue weighted by Gasteiger charge is -2.25. The van der Waals surface area contributed by atoms with Gasteiger partial charge in [-0.2, -0.15) is 0 Å². The van der Waals surface area contributed by atoms with Crippen LogP contribution in [-0.2, 0) is 0 Å². The molecule has 108 valence electrons. The van der Waals surface area contributed by atoms with Crippen molar-refractivity contribution in [3.05, 3.63) is 23.8 Å². The van der Waals surface area contributed by atoms with Crippen molar-refractivity contribution in [3.8, 4) is 0 Å². The third kappa shape index (κ3) is 4.75. The van der Waals surface area contributed by atoms with Crippen LogP contribution in [0.4, 0.5) is 11.4 Å². The Morgan fingerprint density at radius 3 is 2.21 bits per heavy atom. The van der Waals surface area contributed by atoms with E-state index in [2.05, 4.69) is 49.6 Å². The highest BCUT2D eigenvalue weighted by molar-refractivity contribution is 5.57. The van der Waals surface area contributed by atoms with E-state index in [9.17, 15) is 0 Å². The molecule has 3 heteroatoms. The standard InChI is InChI=1S/C16H29N3/c1-5-18(6-2)11-8-12-19(7-3)15-9-10-16(17)14(4)13-15/h9-10,13H,5-8,11-12,17H2,1-4H3. The van der Waals surface area contributed by atoms with Crippen molar-refractivity contribution in [3.63, 3.8) is 0 Å². The Hall–Kier alpha value is -1.22. The minimum Gasteiger partial charge on any atom is -0.399 e. The van der Waals surface area contributed by atoms with Gasteiger partial charge in [-0.3, -0.25) is 0 Å². The first-order chi connectivity index (χ1) is 9.12. The number of benzene rings is 1.